The van der Waals surface area contributed by atoms with E-state index >= 15 is 0 Å². The average Bonchev–Trinajstić information content (AvgIpc) is 2.77. The molecule has 17 heavy (non-hydrogen) atoms. The monoisotopic (exact) mass is 248 g/mol. The first kappa shape index (κ1) is 12.3. The second-order valence-electron chi connectivity index (χ2n) is 5.44. The highest BCUT2D eigenvalue weighted by Crippen LogP contribution is 2.47. The van der Waals surface area contributed by atoms with Crippen molar-refractivity contribution in [1.29, 1.82) is 5.26 Å². The SMILES string of the molecule is Cc1nc(CC2(C#N)CCC(C)(C)C2=O)cs1. The van der Waals surface area contributed by atoms with Gasteiger partial charge >= 0.3 is 0 Å². The van der Waals surface area contributed by atoms with Gasteiger partial charge < -0.3 is 0 Å². The fourth-order valence-electron chi connectivity index (χ4n) is 2.51. The van der Waals surface area contributed by atoms with E-state index in [2.05, 4.69) is 11.1 Å². The number of aromatic nitrogens is 1. The molecule has 0 radical (unpaired) electrons. The number of hydrogen-bond acceptors (Lipinski definition) is 4. The van der Waals surface area contributed by atoms with Crippen molar-refractivity contribution in [1.82, 2.24) is 4.98 Å². The largest absolute Gasteiger partial charge is 0.297 e. The summed E-state index contributed by atoms with van der Waals surface area (Å²) >= 11 is 1.57. The highest BCUT2D eigenvalue weighted by molar-refractivity contribution is 7.09. The molecule has 1 fully saturated rings. The minimum atomic E-state index is -0.843. The summed E-state index contributed by atoms with van der Waals surface area (Å²) in [5.74, 6) is 0.0816. The first-order valence-corrected chi connectivity index (χ1v) is 6.65. The number of aryl methyl sites for hydroxylation is 1. The zero-order chi connectivity index (χ0) is 12.7. The van der Waals surface area contributed by atoms with E-state index in [1.54, 1.807) is 11.3 Å². The Labute approximate surface area is 105 Å². The number of hydrogen-bond donors (Lipinski definition) is 0. The lowest BCUT2D eigenvalue weighted by molar-refractivity contribution is -0.130. The molecule has 1 atom stereocenters. The summed E-state index contributed by atoms with van der Waals surface area (Å²) in [7, 11) is 0. The van der Waals surface area contributed by atoms with E-state index in [1.807, 2.05) is 26.2 Å². The molecule has 0 bridgehead atoms. The van der Waals surface area contributed by atoms with E-state index in [4.69, 9.17) is 0 Å². The van der Waals surface area contributed by atoms with Crippen LogP contribution in [0.5, 0.6) is 0 Å². The number of carbonyl (C=O) groups excluding carboxylic acids is 1. The van der Waals surface area contributed by atoms with Crippen LogP contribution in [0.15, 0.2) is 5.38 Å². The van der Waals surface area contributed by atoms with Gasteiger partial charge in [0.2, 0.25) is 0 Å². The highest BCUT2D eigenvalue weighted by Gasteiger charge is 2.52. The zero-order valence-electron chi connectivity index (χ0n) is 10.4. The Kier molecular flexibility index (Phi) is 2.82. The molecule has 2 rings (SSSR count). The Morgan fingerprint density at radius 2 is 2.24 bits per heavy atom. The van der Waals surface area contributed by atoms with E-state index in [1.165, 1.54) is 0 Å². The lowest BCUT2D eigenvalue weighted by Crippen LogP contribution is -2.33. The van der Waals surface area contributed by atoms with E-state index in [-0.39, 0.29) is 11.2 Å². The Balaban J connectivity index is 2.29. The molecule has 0 N–H and O–H groups in total. The van der Waals surface area contributed by atoms with E-state index < -0.39 is 5.41 Å². The third kappa shape index (κ3) is 2.00. The Bertz CT molecular complexity index is 498. The van der Waals surface area contributed by atoms with Crippen molar-refractivity contribution in [3.05, 3.63) is 16.1 Å². The van der Waals surface area contributed by atoms with Gasteiger partial charge in [0.25, 0.3) is 0 Å². The van der Waals surface area contributed by atoms with Gasteiger partial charge in [0.15, 0.2) is 5.78 Å². The van der Waals surface area contributed by atoms with Crippen LogP contribution >= 0.6 is 11.3 Å². The molecule has 0 aromatic carbocycles. The van der Waals surface area contributed by atoms with Crippen LogP contribution in [0.25, 0.3) is 0 Å². The van der Waals surface area contributed by atoms with Gasteiger partial charge in [-0.25, -0.2) is 4.98 Å². The van der Waals surface area contributed by atoms with Crippen LogP contribution in [-0.4, -0.2) is 10.8 Å². The van der Waals surface area contributed by atoms with Crippen LogP contribution in [0.2, 0.25) is 0 Å². The summed E-state index contributed by atoms with van der Waals surface area (Å²) in [6, 6.07) is 2.26. The number of Topliss-reactive ketones (excluding diaryl/α,β-unsaturated/α-hetero) is 1. The Hall–Kier alpha value is -1.21. The second-order valence-corrected chi connectivity index (χ2v) is 6.50. The molecule has 0 aliphatic heterocycles. The minimum Gasteiger partial charge on any atom is -0.297 e. The quantitative estimate of drug-likeness (QED) is 0.808. The molecule has 1 aromatic heterocycles. The topological polar surface area (TPSA) is 53.8 Å². The molecule has 1 aromatic rings. The van der Waals surface area contributed by atoms with Crippen molar-refractivity contribution < 1.29 is 4.79 Å². The zero-order valence-corrected chi connectivity index (χ0v) is 11.2. The first-order chi connectivity index (χ1) is 7.89. The summed E-state index contributed by atoms with van der Waals surface area (Å²) in [6.45, 7) is 5.80. The number of ketones is 1. The fourth-order valence-corrected chi connectivity index (χ4v) is 3.13. The number of nitrogens with zero attached hydrogens (tertiary/aromatic N) is 2. The summed E-state index contributed by atoms with van der Waals surface area (Å²) in [4.78, 5) is 16.7. The van der Waals surface area contributed by atoms with Gasteiger partial charge in [-0.15, -0.1) is 11.3 Å². The van der Waals surface area contributed by atoms with Crippen LogP contribution in [0.1, 0.15) is 37.4 Å². The number of rotatable bonds is 2. The van der Waals surface area contributed by atoms with Crippen molar-refractivity contribution >= 4 is 17.1 Å². The smallest absolute Gasteiger partial charge is 0.159 e. The lowest BCUT2D eigenvalue weighted by atomic mass is 9.78. The maximum Gasteiger partial charge on any atom is 0.159 e. The van der Waals surface area contributed by atoms with Crippen LogP contribution < -0.4 is 0 Å². The maximum absolute atomic E-state index is 12.3. The first-order valence-electron chi connectivity index (χ1n) is 5.77. The normalized spacial score (nSPS) is 27.1. The van der Waals surface area contributed by atoms with E-state index in [0.29, 0.717) is 12.8 Å². The molecule has 0 spiro atoms. The fraction of sp³-hybridized carbons (Fsp3) is 0.615. The molecule has 1 unspecified atom stereocenters. The number of nitriles is 1. The van der Waals surface area contributed by atoms with Crippen molar-refractivity contribution in [2.45, 2.75) is 40.0 Å². The molecule has 0 amide bonds. The number of thiazole rings is 1. The maximum atomic E-state index is 12.3. The Morgan fingerprint density at radius 1 is 1.53 bits per heavy atom. The molecular weight excluding hydrogens is 232 g/mol. The van der Waals surface area contributed by atoms with Crippen LogP contribution in [-0.2, 0) is 11.2 Å². The van der Waals surface area contributed by atoms with Gasteiger partial charge in [-0.05, 0) is 19.8 Å². The highest BCUT2D eigenvalue weighted by atomic mass is 32.1. The van der Waals surface area contributed by atoms with Gasteiger partial charge in [0, 0.05) is 17.2 Å². The van der Waals surface area contributed by atoms with Gasteiger partial charge in [0.05, 0.1) is 16.8 Å². The van der Waals surface area contributed by atoms with Crippen molar-refractivity contribution in [3.8, 4) is 6.07 Å². The van der Waals surface area contributed by atoms with Crippen molar-refractivity contribution in [2.24, 2.45) is 10.8 Å². The third-order valence-corrected chi connectivity index (χ3v) is 4.41. The van der Waals surface area contributed by atoms with Crippen molar-refractivity contribution in [2.75, 3.05) is 0 Å². The molecule has 1 saturated carbocycles. The molecular formula is C13H16N2OS. The van der Waals surface area contributed by atoms with E-state index in [0.717, 1.165) is 17.1 Å². The molecule has 1 heterocycles. The summed E-state index contributed by atoms with van der Waals surface area (Å²) < 4.78 is 0. The predicted molar refractivity (Wildman–Crippen MR) is 66.6 cm³/mol. The van der Waals surface area contributed by atoms with Gasteiger partial charge in [0.1, 0.15) is 5.41 Å². The molecule has 90 valence electrons. The molecule has 4 heteroatoms. The Morgan fingerprint density at radius 3 is 2.65 bits per heavy atom. The predicted octanol–water partition coefficient (Wildman–Crippen LogP) is 2.89. The molecule has 3 nitrogen and oxygen atoms in total. The third-order valence-electron chi connectivity index (χ3n) is 3.59. The summed E-state index contributed by atoms with van der Waals surface area (Å²) in [5.41, 5.74) is -0.328. The standard InChI is InChI=1S/C13H16N2OS/c1-9-15-10(7-17-9)6-13(8-14)5-4-12(2,3)11(13)16/h7H,4-6H2,1-3H3. The van der Waals surface area contributed by atoms with Gasteiger partial charge in [-0.3, -0.25) is 4.79 Å². The molecule has 1 aliphatic rings. The molecule has 1 aliphatic carbocycles. The van der Waals surface area contributed by atoms with Gasteiger partial charge in [-0.2, -0.15) is 5.26 Å². The van der Waals surface area contributed by atoms with Crippen LogP contribution in [0.3, 0.4) is 0 Å². The summed E-state index contributed by atoms with van der Waals surface area (Å²) in [5, 5.41) is 12.3. The summed E-state index contributed by atoms with van der Waals surface area (Å²) in [6.07, 6.45) is 1.92. The minimum absolute atomic E-state index is 0.0816. The molecule has 0 saturated heterocycles. The van der Waals surface area contributed by atoms with Crippen LogP contribution in [0.4, 0.5) is 0 Å². The van der Waals surface area contributed by atoms with Crippen molar-refractivity contribution in [3.63, 3.8) is 0 Å². The number of carbonyl (C=O) groups is 1. The van der Waals surface area contributed by atoms with Crippen LogP contribution in [0, 0.1) is 29.1 Å². The van der Waals surface area contributed by atoms with Gasteiger partial charge in [-0.1, -0.05) is 13.8 Å². The van der Waals surface area contributed by atoms with E-state index in [9.17, 15) is 10.1 Å². The lowest BCUT2D eigenvalue weighted by Gasteiger charge is -2.21. The average molecular weight is 248 g/mol. The second kappa shape index (κ2) is 3.92.